The summed E-state index contributed by atoms with van der Waals surface area (Å²) in [7, 11) is 1.29. The third-order valence-corrected chi connectivity index (χ3v) is 5.41. The third-order valence-electron chi connectivity index (χ3n) is 3.64. The second-order valence-electron chi connectivity index (χ2n) is 5.40. The Balaban J connectivity index is 1.96. The Kier molecular flexibility index (Phi) is 4.60. The van der Waals surface area contributed by atoms with Crippen molar-refractivity contribution < 1.29 is 8.42 Å². The van der Waals surface area contributed by atoms with Crippen LogP contribution in [0, 0.1) is 0 Å². The quantitative estimate of drug-likeness (QED) is 0.877. The number of benzene rings is 1. The van der Waals surface area contributed by atoms with Crippen molar-refractivity contribution in [2.45, 2.75) is 18.5 Å². The molecular weight excluding hydrogens is 260 g/mol. The fraction of sp³-hybridized carbons (Fsp3) is 0.571. The summed E-state index contributed by atoms with van der Waals surface area (Å²) >= 11 is 0. The first-order valence-electron chi connectivity index (χ1n) is 6.63. The minimum Gasteiger partial charge on any atom is -0.311 e. The van der Waals surface area contributed by atoms with Crippen molar-refractivity contribution in [3.05, 3.63) is 35.9 Å². The molecule has 1 aliphatic heterocycles. The number of nitrogens with one attached hydrogen (secondary N) is 1. The van der Waals surface area contributed by atoms with E-state index in [0.717, 1.165) is 13.0 Å². The van der Waals surface area contributed by atoms with Gasteiger partial charge in [0, 0.05) is 18.6 Å². The molecule has 0 aliphatic carbocycles. The van der Waals surface area contributed by atoms with E-state index >= 15 is 0 Å². The Hall–Kier alpha value is -0.910. The Morgan fingerprint density at radius 3 is 2.53 bits per heavy atom. The summed E-state index contributed by atoms with van der Waals surface area (Å²) in [5, 5.41) is 3.40. The van der Waals surface area contributed by atoms with Crippen LogP contribution in [0.2, 0.25) is 0 Å². The third kappa shape index (κ3) is 4.03. The van der Waals surface area contributed by atoms with Crippen LogP contribution < -0.4 is 5.32 Å². The highest BCUT2D eigenvalue weighted by molar-refractivity contribution is 7.91. The van der Waals surface area contributed by atoms with E-state index in [9.17, 15) is 8.42 Å². The summed E-state index contributed by atoms with van der Waals surface area (Å²) < 4.78 is 22.9. The second-order valence-corrected chi connectivity index (χ2v) is 7.63. The first kappa shape index (κ1) is 14.5. The molecule has 5 heteroatoms. The minimum absolute atomic E-state index is 0.108. The number of nitrogens with zero attached hydrogens (tertiary/aromatic N) is 1. The maximum Gasteiger partial charge on any atom is 0.151 e. The first-order valence-corrected chi connectivity index (χ1v) is 8.45. The van der Waals surface area contributed by atoms with Crippen molar-refractivity contribution in [1.82, 2.24) is 10.2 Å². The number of hydrogen-bond acceptors (Lipinski definition) is 4. The van der Waals surface area contributed by atoms with E-state index in [1.54, 1.807) is 0 Å². The molecule has 1 aromatic rings. The van der Waals surface area contributed by atoms with Crippen molar-refractivity contribution in [2.24, 2.45) is 0 Å². The van der Waals surface area contributed by atoms with Crippen molar-refractivity contribution >= 4 is 9.84 Å². The molecule has 0 spiro atoms. The fourth-order valence-corrected chi connectivity index (χ4v) is 4.22. The molecule has 2 atom stereocenters. The van der Waals surface area contributed by atoms with Gasteiger partial charge in [0.15, 0.2) is 9.84 Å². The second kappa shape index (κ2) is 6.03. The maximum atomic E-state index is 11.4. The molecule has 0 bridgehead atoms. The van der Waals surface area contributed by atoms with E-state index in [1.807, 2.05) is 32.3 Å². The van der Waals surface area contributed by atoms with Crippen LogP contribution in [-0.2, 0) is 9.84 Å². The molecule has 19 heavy (non-hydrogen) atoms. The van der Waals surface area contributed by atoms with Gasteiger partial charge in [-0.05, 0) is 26.1 Å². The average molecular weight is 282 g/mol. The predicted octanol–water partition coefficient (Wildman–Crippen LogP) is 1.07. The standard InChI is InChI=1S/C14H22N2O2S/c1-16(2)14(12-6-4-3-5-7-12)10-15-13-8-9-19(17,18)11-13/h3-7,13-15H,8-11H2,1-2H3. The molecule has 0 radical (unpaired) electrons. The van der Waals surface area contributed by atoms with E-state index in [2.05, 4.69) is 22.3 Å². The number of sulfone groups is 1. The van der Waals surface area contributed by atoms with E-state index < -0.39 is 9.84 Å². The number of hydrogen-bond donors (Lipinski definition) is 1. The normalized spacial score (nSPS) is 23.6. The Morgan fingerprint density at radius 1 is 1.32 bits per heavy atom. The molecule has 1 saturated heterocycles. The van der Waals surface area contributed by atoms with Gasteiger partial charge in [0.05, 0.1) is 11.5 Å². The predicted molar refractivity (Wildman–Crippen MR) is 77.9 cm³/mol. The molecule has 0 aromatic heterocycles. The molecule has 2 unspecified atom stereocenters. The lowest BCUT2D eigenvalue weighted by atomic mass is 10.1. The molecule has 106 valence electrons. The molecule has 1 fully saturated rings. The molecule has 0 saturated carbocycles. The smallest absolute Gasteiger partial charge is 0.151 e. The van der Waals surface area contributed by atoms with E-state index in [-0.39, 0.29) is 17.8 Å². The van der Waals surface area contributed by atoms with Crippen LogP contribution in [0.25, 0.3) is 0 Å². The molecule has 4 nitrogen and oxygen atoms in total. The highest BCUT2D eigenvalue weighted by atomic mass is 32.2. The number of rotatable bonds is 5. The zero-order valence-corrected chi connectivity index (χ0v) is 12.4. The van der Waals surface area contributed by atoms with Gasteiger partial charge in [0.2, 0.25) is 0 Å². The molecule has 1 aromatic carbocycles. The highest BCUT2D eigenvalue weighted by Crippen LogP contribution is 2.18. The van der Waals surface area contributed by atoms with Crippen molar-refractivity contribution in [3.8, 4) is 0 Å². The van der Waals surface area contributed by atoms with Gasteiger partial charge >= 0.3 is 0 Å². The van der Waals surface area contributed by atoms with Gasteiger partial charge in [0.25, 0.3) is 0 Å². The topological polar surface area (TPSA) is 49.4 Å². The van der Waals surface area contributed by atoms with E-state index in [0.29, 0.717) is 5.75 Å². The van der Waals surface area contributed by atoms with E-state index in [4.69, 9.17) is 0 Å². The molecule has 1 N–H and O–H groups in total. The summed E-state index contributed by atoms with van der Waals surface area (Å²) in [6.07, 6.45) is 0.733. The van der Waals surface area contributed by atoms with Crippen molar-refractivity contribution in [1.29, 1.82) is 0 Å². The largest absolute Gasteiger partial charge is 0.311 e. The lowest BCUT2D eigenvalue weighted by molar-refractivity contribution is 0.281. The van der Waals surface area contributed by atoms with Gasteiger partial charge in [-0.1, -0.05) is 30.3 Å². The minimum atomic E-state index is -2.80. The van der Waals surface area contributed by atoms with Gasteiger partial charge in [0.1, 0.15) is 0 Å². The van der Waals surface area contributed by atoms with Gasteiger partial charge in [-0.2, -0.15) is 0 Å². The molecule has 1 heterocycles. The fourth-order valence-electron chi connectivity index (χ4n) is 2.51. The van der Waals surface area contributed by atoms with Crippen LogP contribution in [0.1, 0.15) is 18.0 Å². The van der Waals surface area contributed by atoms with Gasteiger partial charge < -0.3 is 10.2 Å². The van der Waals surface area contributed by atoms with Crippen LogP contribution in [-0.4, -0.2) is 51.5 Å². The summed E-state index contributed by atoms with van der Waals surface area (Å²) in [4.78, 5) is 2.16. The van der Waals surface area contributed by atoms with Crippen LogP contribution in [0.15, 0.2) is 30.3 Å². The zero-order chi connectivity index (χ0) is 13.9. The van der Waals surface area contributed by atoms with Crippen LogP contribution >= 0.6 is 0 Å². The lowest BCUT2D eigenvalue weighted by Crippen LogP contribution is -2.37. The molecule has 2 rings (SSSR count). The Bertz CT molecular complexity index is 499. The first-order chi connectivity index (χ1) is 8.98. The number of likely N-dealkylation sites (N-methyl/N-ethyl adjacent to an activating group) is 1. The van der Waals surface area contributed by atoms with E-state index in [1.165, 1.54) is 5.56 Å². The van der Waals surface area contributed by atoms with Gasteiger partial charge in [-0.25, -0.2) is 8.42 Å². The Labute approximate surface area is 115 Å². The summed E-state index contributed by atoms with van der Waals surface area (Å²) in [5.74, 6) is 0.602. The highest BCUT2D eigenvalue weighted by Gasteiger charge is 2.28. The SMILES string of the molecule is CN(C)C(CNC1CCS(=O)(=O)C1)c1ccccc1. The van der Waals surface area contributed by atoms with Crippen LogP contribution in [0.5, 0.6) is 0 Å². The van der Waals surface area contributed by atoms with Gasteiger partial charge in [-0.3, -0.25) is 0 Å². The average Bonchev–Trinajstić information content (AvgIpc) is 2.70. The van der Waals surface area contributed by atoms with Crippen molar-refractivity contribution in [3.63, 3.8) is 0 Å². The summed E-state index contributed by atoms with van der Waals surface area (Å²) in [6.45, 7) is 0.775. The van der Waals surface area contributed by atoms with Gasteiger partial charge in [-0.15, -0.1) is 0 Å². The van der Waals surface area contributed by atoms with Crippen molar-refractivity contribution in [2.75, 3.05) is 32.1 Å². The van der Waals surface area contributed by atoms with Crippen LogP contribution in [0.4, 0.5) is 0 Å². The Morgan fingerprint density at radius 2 is 2.00 bits per heavy atom. The zero-order valence-electron chi connectivity index (χ0n) is 11.5. The maximum absolute atomic E-state index is 11.4. The summed E-state index contributed by atoms with van der Waals surface area (Å²) in [6, 6.07) is 10.7. The molecular formula is C14H22N2O2S. The lowest BCUT2D eigenvalue weighted by Gasteiger charge is -2.26. The molecule has 0 amide bonds. The monoisotopic (exact) mass is 282 g/mol. The molecule has 1 aliphatic rings. The summed E-state index contributed by atoms with van der Waals surface area (Å²) in [5.41, 5.74) is 1.25. The van der Waals surface area contributed by atoms with Crippen LogP contribution in [0.3, 0.4) is 0 Å².